The third-order valence-electron chi connectivity index (χ3n) is 3.70. The number of carbonyl (C=O) groups is 1. The Kier molecular flexibility index (Phi) is 3.76. The summed E-state index contributed by atoms with van der Waals surface area (Å²) in [4.78, 5) is 11.9. The minimum absolute atomic E-state index is 0.334. The van der Waals surface area contributed by atoms with E-state index in [0.717, 1.165) is 19.3 Å². The van der Waals surface area contributed by atoms with Crippen LogP contribution in [0.5, 0.6) is 0 Å². The number of methoxy groups -OCH3 is 1. The normalized spacial score (nSPS) is 34.3. The molecule has 0 aromatic rings. The first-order chi connectivity index (χ1) is 7.29. The molecule has 2 atom stereocenters. The number of piperidine rings is 1. The van der Waals surface area contributed by atoms with Gasteiger partial charge in [0.2, 0.25) is 0 Å². The summed E-state index contributed by atoms with van der Waals surface area (Å²) in [6, 6.07) is 1.25. The number of rotatable bonds is 5. The number of Topliss-reactive ketones (excluding diaryl/α,β-unsaturated/α-hetero) is 1. The first-order valence-electron chi connectivity index (χ1n) is 6.07. The minimum atomic E-state index is 0.334. The molecule has 0 spiro atoms. The van der Waals surface area contributed by atoms with Crippen molar-refractivity contribution in [1.82, 2.24) is 5.32 Å². The number of nitrogens with one attached hydrogen (secondary N) is 1. The summed E-state index contributed by atoms with van der Waals surface area (Å²) < 4.78 is 4.97. The fraction of sp³-hybridized carbons (Fsp3) is 0.917. The molecular weight excluding hydrogens is 190 g/mol. The lowest BCUT2D eigenvalue weighted by Crippen LogP contribution is -2.40. The lowest BCUT2D eigenvalue weighted by molar-refractivity contribution is -0.124. The Labute approximate surface area is 91.6 Å². The Morgan fingerprint density at radius 3 is 2.60 bits per heavy atom. The summed E-state index contributed by atoms with van der Waals surface area (Å²) >= 11 is 0. The molecule has 3 heteroatoms. The molecule has 0 amide bonds. The molecular formula is C12H21NO2. The maximum absolute atomic E-state index is 11.9. The van der Waals surface area contributed by atoms with Gasteiger partial charge in [0.05, 0.1) is 0 Å². The van der Waals surface area contributed by atoms with Crippen molar-refractivity contribution in [1.29, 1.82) is 0 Å². The molecule has 2 rings (SSSR count). The quantitative estimate of drug-likeness (QED) is 0.701. The van der Waals surface area contributed by atoms with Crippen LogP contribution in [-0.4, -0.2) is 31.6 Å². The summed E-state index contributed by atoms with van der Waals surface area (Å²) in [6.45, 7) is 0.712. The number of carbonyl (C=O) groups excluding carboxylic acids is 1. The van der Waals surface area contributed by atoms with Crippen molar-refractivity contribution in [3.8, 4) is 0 Å². The topological polar surface area (TPSA) is 38.3 Å². The molecule has 86 valence electrons. The molecule has 2 aliphatic heterocycles. The van der Waals surface area contributed by atoms with Gasteiger partial charge in [-0.3, -0.25) is 4.79 Å². The van der Waals surface area contributed by atoms with Crippen LogP contribution in [0.1, 0.15) is 38.5 Å². The average Bonchev–Trinajstić information content (AvgIpc) is 2.58. The van der Waals surface area contributed by atoms with E-state index in [2.05, 4.69) is 5.32 Å². The fourth-order valence-corrected chi connectivity index (χ4v) is 2.92. The van der Waals surface area contributed by atoms with Gasteiger partial charge in [-0.25, -0.2) is 0 Å². The molecule has 0 aromatic heterocycles. The van der Waals surface area contributed by atoms with Gasteiger partial charge in [0.1, 0.15) is 5.78 Å². The summed E-state index contributed by atoms with van der Waals surface area (Å²) in [5, 5.41) is 3.57. The van der Waals surface area contributed by atoms with Gasteiger partial charge in [-0.2, -0.15) is 0 Å². The van der Waals surface area contributed by atoms with Crippen LogP contribution in [0.4, 0.5) is 0 Å². The highest BCUT2D eigenvalue weighted by Gasteiger charge is 2.35. The van der Waals surface area contributed by atoms with Crippen LogP contribution in [0.25, 0.3) is 0 Å². The monoisotopic (exact) mass is 211 g/mol. The number of fused-ring (bicyclic) bond motifs is 2. The predicted octanol–water partition coefficient (Wildman–Crippen LogP) is 1.51. The number of hydrogen-bond donors (Lipinski definition) is 1. The Morgan fingerprint density at radius 1 is 1.33 bits per heavy atom. The average molecular weight is 211 g/mol. The van der Waals surface area contributed by atoms with Gasteiger partial charge >= 0.3 is 0 Å². The van der Waals surface area contributed by atoms with Crippen molar-refractivity contribution in [2.75, 3.05) is 13.7 Å². The lowest BCUT2D eigenvalue weighted by atomic mass is 9.87. The van der Waals surface area contributed by atoms with E-state index in [4.69, 9.17) is 4.74 Å². The molecule has 2 aliphatic rings. The summed E-state index contributed by atoms with van der Waals surface area (Å²) in [7, 11) is 1.69. The van der Waals surface area contributed by atoms with Crippen molar-refractivity contribution in [2.24, 2.45) is 5.92 Å². The SMILES string of the molecule is COCCCC(=O)C1CC2CCC(C1)N2. The predicted molar refractivity (Wildman–Crippen MR) is 58.8 cm³/mol. The van der Waals surface area contributed by atoms with Gasteiger partial charge in [-0.05, 0) is 32.1 Å². The third-order valence-corrected chi connectivity index (χ3v) is 3.70. The van der Waals surface area contributed by atoms with Crippen LogP contribution in [0.3, 0.4) is 0 Å². The van der Waals surface area contributed by atoms with E-state index in [9.17, 15) is 4.79 Å². The van der Waals surface area contributed by atoms with Gasteiger partial charge in [-0.15, -0.1) is 0 Å². The fourth-order valence-electron chi connectivity index (χ4n) is 2.92. The zero-order chi connectivity index (χ0) is 10.7. The van der Waals surface area contributed by atoms with Crippen molar-refractivity contribution in [3.63, 3.8) is 0 Å². The van der Waals surface area contributed by atoms with E-state index in [1.165, 1.54) is 12.8 Å². The Bertz CT molecular complexity index is 218. The standard InChI is InChI=1S/C12H21NO2/c1-15-6-2-3-12(14)9-7-10-4-5-11(8-9)13-10/h9-11,13H,2-8H2,1H3. The van der Waals surface area contributed by atoms with Crippen LogP contribution in [-0.2, 0) is 9.53 Å². The molecule has 2 heterocycles. The smallest absolute Gasteiger partial charge is 0.136 e. The van der Waals surface area contributed by atoms with Crippen LogP contribution < -0.4 is 5.32 Å². The molecule has 0 aliphatic carbocycles. The van der Waals surface area contributed by atoms with Crippen molar-refractivity contribution in [3.05, 3.63) is 0 Å². The molecule has 1 N–H and O–H groups in total. The summed E-state index contributed by atoms with van der Waals surface area (Å²) in [5.74, 6) is 0.797. The van der Waals surface area contributed by atoms with Gasteiger partial charge in [0.15, 0.2) is 0 Å². The van der Waals surface area contributed by atoms with E-state index in [1.54, 1.807) is 7.11 Å². The highest BCUT2D eigenvalue weighted by atomic mass is 16.5. The van der Waals surface area contributed by atoms with E-state index in [1.807, 2.05) is 0 Å². The molecule has 2 fully saturated rings. The zero-order valence-corrected chi connectivity index (χ0v) is 9.50. The summed E-state index contributed by atoms with van der Waals surface area (Å²) in [6.07, 6.45) is 6.27. The Hall–Kier alpha value is -0.410. The maximum atomic E-state index is 11.9. The molecule has 2 saturated heterocycles. The number of hydrogen-bond acceptors (Lipinski definition) is 3. The van der Waals surface area contributed by atoms with Crippen molar-refractivity contribution < 1.29 is 9.53 Å². The molecule has 3 nitrogen and oxygen atoms in total. The van der Waals surface area contributed by atoms with Crippen LogP contribution in [0, 0.1) is 5.92 Å². The third kappa shape index (κ3) is 2.79. The van der Waals surface area contributed by atoms with Crippen molar-refractivity contribution in [2.45, 2.75) is 50.6 Å². The molecule has 15 heavy (non-hydrogen) atoms. The van der Waals surface area contributed by atoms with Crippen LogP contribution >= 0.6 is 0 Å². The van der Waals surface area contributed by atoms with Crippen molar-refractivity contribution >= 4 is 5.78 Å². The van der Waals surface area contributed by atoms with Gasteiger partial charge in [0.25, 0.3) is 0 Å². The lowest BCUT2D eigenvalue weighted by Gasteiger charge is -2.28. The molecule has 0 saturated carbocycles. The first-order valence-corrected chi connectivity index (χ1v) is 6.07. The Balaban J connectivity index is 1.76. The molecule has 0 aromatic carbocycles. The highest BCUT2D eigenvalue weighted by Crippen LogP contribution is 2.32. The largest absolute Gasteiger partial charge is 0.385 e. The van der Waals surface area contributed by atoms with Gasteiger partial charge < -0.3 is 10.1 Å². The van der Waals surface area contributed by atoms with E-state index in [0.29, 0.717) is 36.8 Å². The molecule has 0 radical (unpaired) electrons. The van der Waals surface area contributed by atoms with Gasteiger partial charge in [-0.1, -0.05) is 0 Å². The number of ketones is 1. The first kappa shape index (κ1) is 11.1. The Morgan fingerprint density at radius 2 is 2.00 bits per heavy atom. The second kappa shape index (κ2) is 5.08. The zero-order valence-electron chi connectivity index (χ0n) is 9.50. The van der Waals surface area contributed by atoms with Crippen LogP contribution in [0.2, 0.25) is 0 Å². The highest BCUT2D eigenvalue weighted by molar-refractivity contribution is 5.81. The van der Waals surface area contributed by atoms with Gasteiger partial charge in [0, 0.05) is 38.1 Å². The van der Waals surface area contributed by atoms with E-state index in [-0.39, 0.29) is 0 Å². The van der Waals surface area contributed by atoms with E-state index < -0.39 is 0 Å². The minimum Gasteiger partial charge on any atom is -0.385 e. The van der Waals surface area contributed by atoms with E-state index >= 15 is 0 Å². The maximum Gasteiger partial charge on any atom is 0.136 e. The second-order valence-corrected chi connectivity index (χ2v) is 4.87. The summed E-state index contributed by atoms with van der Waals surface area (Å²) in [5.41, 5.74) is 0. The molecule has 2 bridgehead atoms. The second-order valence-electron chi connectivity index (χ2n) is 4.87. The molecule has 2 unspecified atom stereocenters. The number of ether oxygens (including phenoxy) is 1. The van der Waals surface area contributed by atoms with Crippen LogP contribution in [0.15, 0.2) is 0 Å².